The van der Waals surface area contributed by atoms with Gasteiger partial charge in [0.1, 0.15) is 6.61 Å². The summed E-state index contributed by atoms with van der Waals surface area (Å²) < 4.78 is 11.0. The van der Waals surface area contributed by atoms with Crippen molar-refractivity contribution in [3.8, 4) is 5.88 Å². The van der Waals surface area contributed by atoms with E-state index in [0.717, 1.165) is 11.3 Å². The van der Waals surface area contributed by atoms with Crippen molar-refractivity contribution in [1.29, 1.82) is 0 Å². The molecule has 19 heavy (non-hydrogen) atoms. The monoisotopic (exact) mass is 260 g/mol. The van der Waals surface area contributed by atoms with Crippen molar-refractivity contribution in [2.45, 2.75) is 26.0 Å². The molecule has 0 saturated heterocycles. The van der Waals surface area contributed by atoms with Crippen LogP contribution < -0.4 is 4.74 Å². The molecule has 1 aromatic carbocycles. The van der Waals surface area contributed by atoms with Gasteiger partial charge in [0.25, 0.3) is 5.88 Å². The molecule has 0 aliphatic rings. The largest absolute Gasteiger partial charge is 0.471 e. The Hall–Kier alpha value is -1.81. The van der Waals surface area contributed by atoms with Gasteiger partial charge in [-0.3, -0.25) is 4.90 Å². The molecule has 1 heterocycles. The lowest BCUT2D eigenvalue weighted by Crippen LogP contribution is -2.34. The van der Waals surface area contributed by atoms with Crippen molar-refractivity contribution >= 4 is 0 Å². The number of rotatable bonds is 5. The molecule has 0 unspecified atom stereocenters. The van der Waals surface area contributed by atoms with Gasteiger partial charge in [-0.25, -0.2) is 0 Å². The van der Waals surface area contributed by atoms with Gasteiger partial charge in [0.15, 0.2) is 5.76 Å². The van der Waals surface area contributed by atoms with Crippen LogP contribution in [0.3, 0.4) is 0 Å². The lowest BCUT2D eigenvalue weighted by atomic mass is 10.0. The predicted octanol–water partition coefficient (Wildman–Crippen LogP) is 3.05. The van der Waals surface area contributed by atoms with Gasteiger partial charge in [-0.1, -0.05) is 30.3 Å². The number of hydrogen-bond acceptors (Lipinski definition) is 4. The number of benzene rings is 1. The summed E-state index contributed by atoms with van der Waals surface area (Å²) in [5.41, 5.74) is 0.903. The summed E-state index contributed by atoms with van der Waals surface area (Å²) >= 11 is 0. The zero-order valence-corrected chi connectivity index (χ0v) is 11.9. The molecule has 0 bridgehead atoms. The second-order valence-electron chi connectivity index (χ2n) is 5.26. The molecular weight excluding hydrogens is 240 g/mol. The summed E-state index contributed by atoms with van der Waals surface area (Å²) in [6, 6.07) is 11.8. The van der Waals surface area contributed by atoms with Crippen LogP contribution in [0.2, 0.25) is 0 Å². The fourth-order valence-corrected chi connectivity index (χ4v) is 1.57. The third-order valence-electron chi connectivity index (χ3n) is 3.44. The van der Waals surface area contributed by atoms with Crippen LogP contribution in [0.5, 0.6) is 5.88 Å². The van der Waals surface area contributed by atoms with E-state index in [-0.39, 0.29) is 5.54 Å². The van der Waals surface area contributed by atoms with E-state index in [2.05, 4.69) is 23.9 Å². The molecule has 0 radical (unpaired) electrons. The van der Waals surface area contributed by atoms with E-state index in [1.165, 1.54) is 0 Å². The molecule has 0 saturated carbocycles. The van der Waals surface area contributed by atoms with E-state index in [4.69, 9.17) is 9.26 Å². The Morgan fingerprint density at radius 1 is 1.21 bits per heavy atom. The summed E-state index contributed by atoms with van der Waals surface area (Å²) in [6.45, 7) is 4.65. The smallest absolute Gasteiger partial charge is 0.254 e. The third kappa shape index (κ3) is 3.15. The van der Waals surface area contributed by atoms with E-state index >= 15 is 0 Å². The van der Waals surface area contributed by atoms with Crippen molar-refractivity contribution < 1.29 is 9.26 Å². The summed E-state index contributed by atoms with van der Waals surface area (Å²) in [7, 11) is 4.01. The van der Waals surface area contributed by atoms with Crippen LogP contribution in [-0.4, -0.2) is 24.2 Å². The highest BCUT2D eigenvalue weighted by atomic mass is 16.5. The van der Waals surface area contributed by atoms with Gasteiger partial charge in [-0.05, 0) is 38.7 Å². The van der Waals surface area contributed by atoms with Crippen LogP contribution in [0.15, 0.2) is 40.9 Å². The summed E-state index contributed by atoms with van der Waals surface area (Å²) in [4.78, 5) is 2.08. The normalized spacial score (nSPS) is 11.8. The molecule has 0 fully saturated rings. The lowest BCUT2D eigenvalue weighted by molar-refractivity contribution is 0.149. The Morgan fingerprint density at radius 3 is 2.53 bits per heavy atom. The molecule has 0 spiro atoms. The molecule has 2 rings (SSSR count). The second-order valence-corrected chi connectivity index (χ2v) is 5.26. The predicted molar refractivity (Wildman–Crippen MR) is 74.0 cm³/mol. The van der Waals surface area contributed by atoms with Crippen molar-refractivity contribution in [3.63, 3.8) is 0 Å². The lowest BCUT2D eigenvalue weighted by Gasteiger charge is -2.29. The Labute approximate surface area is 114 Å². The van der Waals surface area contributed by atoms with Crippen LogP contribution in [0, 0.1) is 0 Å². The first kappa shape index (κ1) is 13.6. The van der Waals surface area contributed by atoms with Crippen molar-refractivity contribution in [3.05, 3.63) is 47.7 Å². The number of nitrogens with zero attached hydrogens (tertiary/aromatic N) is 2. The highest BCUT2D eigenvalue weighted by Crippen LogP contribution is 2.28. The van der Waals surface area contributed by atoms with Gasteiger partial charge >= 0.3 is 0 Å². The first-order chi connectivity index (χ1) is 9.00. The summed E-state index contributed by atoms with van der Waals surface area (Å²) in [5.74, 6) is 1.31. The maximum atomic E-state index is 5.62. The number of aromatic nitrogens is 1. The van der Waals surface area contributed by atoms with Gasteiger partial charge in [-0.2, -0.15) is 0 Å². The zero-order valence-electron chi connectivity index (χ0n) is 11.9. The molecule has 0 N–H and O–H groups in total. The van der Waals surface area contributed by atoms with Crippen molar-refractivity contribution in [1.82, 2.24) is 10.1 Å². The standard InChI is InChI=1S/C15H20N2O2/c1-15(2,17(3)4)13-10-14(16-19-13)18-11-12-8-6-5-7-9-12/h5-10H,11H2,1-4H3. The van der Waals surface area contributed by atoms with E-state index in [9.17, 15) is 0 Å². The Bertz CT molecular complexity index is 518. The molecule has 4 heteroatoms. The van der Waals surface area contributed by atoms with Crippen LogP contribution in [-0.2, 0) is 12.1 Å². The molecule has 0 atom stereocenters. The van der Waals surface area contributed by atoms with Gasteiger partial charge in [-0.15, -0.1) is 0 Å². The van der Waals surface area contributed by atoms with Crippen LogP contribution >= 0.6 is 0 Å². The summed E-state index contributed by atoms with van der Waals surface area (Å²) in [5, 5.41) is 3.96. The van der Waals surface area contributed by atoms with E-state index in [1.807, 2.05) is 50.5 Å². The third-order valence-corrected chi connectivity index (χ3v) is 3.44. The SMILES string of the molecule is CN(C)C(C)(C)c1cc(OCc2ccccc2)no1. The number of ether oxygens (including phenoxy) is 1. The van der Waals surface area contributed by atoms with Crippen LogP contribution in [0.25, 0.3) is 0 Å². The van der Waals surface area contributed by atoms with Gasteiger partial charge in [0.2, 0.25) is 0 Å². The minimum Gasteiger partial charge on any atom is -0.471 e. The highest BCUT2D eigenvalue weighted by Gasteiger charge is 2.28. The molecule has 2 aromatic rings. The Kier molecular flexibility index (Phi) is 3.90. The average molecular weight is 260 g/mol. The second kappa shape index (κ2) is 5.45. The van der Waals surface area contributed by atoms with Crippen LogP contribution in [0.4, 0.5) is 0 Å². The van der Waals surface area contributed by atoms with Crippen molar-refractivity contribution in [2.24, 2.45) is 0 Å². The quantitative estimate of drug-likeness (QED) is 0.828. The molecule has 1 aromatic heterocycles. The van der Waals surface area contributed by atoms with Gasteiger partial charge < -0.3 is 9.26 Å². The highest BCUT2D eigenvalue weighted by molar-refractivity contribution is 5.19. The van der Waals surface area contributed by atoms with Crippen LogP contribution in [0.1, 0.15) is 25.2 Å². The van der Waals surface area contributed by atoms with Gasteiger partial charge in [0, 0.05) is 6.07 Å². The zero-order chi connectivity index (χ0) is 13.9. The van der Waals surface area contributed by atoms with Crippen molar-refractivity contribution in [2.75, 3.05) is 14.1 Å². The van der Waals surface area contributed by atoms with Gasteiger partial charge in [0.05, 0.1) is 5.54 Å². The average Bonchev–Trinajstić information content (AvgIpc) is 2.87. The Morgan fingerprint density at radius 2 is 1.89 bits per heavy atom. The Balaban J connectivity index is 2.02. The molecular formula is C15H20N2O2. The topological polar surface area (TPSA) is 38.5 Å². The minimum absolute atomic E-state index is 0.207. The fourth-order valence-electron chi connectivity index (χ4n) is 1.57. The molecule has 0 amide bonds. The molecule has 0 aliphatic heterocycles. The van der Waals surface area contributed by atoms with E-state index < -0.39 is 0 Å². The molecule has 102 valence electrons. The maximum absolute atomic E-state index is 5.62. The fraction of sp³-hybridized carbons (Fsp3) is 0.400. The number of hydrogen-bond donors (Lipinski definition) is 0. The van der Waals surface area contributed by atoms with E-state index in [1.54, 1.807) is 0 Å². The maximum Gasteiger partial charge on any atom is 0.254 e. The molecule has 0 aliphatic carbocycles. The minimum atomic E-state index is -0.207. The first-order valence-electron chi connectivity index (χ1n) is 6.31. The summed E-state index contributed by atoms with van der Waals surface area (Å²) in [6.07, 6.45) is 0. The van der Waals surface area contributed by atoms with E-state index in [0.29, 0.717) is 12.5 Å². The molecule has 4 nitrogen and oxygen atoms in total. The first-order valence-corrected chi connectivity index (χ1v) is 6.31.